The van der Waals surface area contributed by atoms with Crippen molar-refractivity contribution in [1.29, 1.82) is 0 Å². The summed E-state index contributed by atoms with van der Waals surface area (Å²) < 4.78 is 39.9. The number of hydrogen-bond acceptors (Lipinski definition) is 1. The Morgan fingerprint density at radius 1 is 1.24 bits per heavy atom. The van der Waals surface area contributed by atoms with E-state index in [2.05, 4.69) is 5.10 Å². The molecule has 21 heavy (non-hydrogen) atoms. The quantitative estimate of drug-likeness (QED) is 0.689. The van der Waals surface area contributed by atoms with Crippen molar-refractivity contribution in [2.24, 2.45) is 0 Å². The van der Waals surface area contributed by atoms with Crippen molar-refractivity contribution < 1.29 is 13.2 Å². The van der Waals surface area contributed by atoms with Crippen LogP contribution in [-0.2, 0) is 6.54 Å². The van der Waals surface area contributed by atoms with E-state index in [0.29, 0.717) is 10.7 Å². The molecule has 0 unspecified atom stereocenters. The number of aromatic nitrogens is 3. The minimum Gasteiger partial charge on any atom is -0.311 e. The SMILES string of the molecule is Cc1cc2ccc(Cl)cc2n1-c1cnn(CC(F)(F)F)c1. The number of aryl methyl sites for hydroxylation is 1. The van der Waals surface area contributed by atoms with Gasteiger partial charge in [-0.3, -0.25) is 4.68 Å². The predicted octanol–water partition coefficient (Wildman–Crippen LogP) is 4.35. The van der Waals surface area contributed by atoms with Gasteiger partial charge in [-0.2, -0.15) is 18.3 Å². The van der Waals surface area contributed by atoms with Crippen molar-refractivity contribution in [3.63, 3.8) is 0 Å². The van der Waals surface area contributed by atoms with Gasteiger partial charge >= 0.3 is 6.18 Å². The minimum absolute atomic E-state index is 0.574. The van der Waals surface area contributed by atoms with E-state index in [1.165, 1.54) is 12.4 Å². The molecule has 0 amide bonds. The fraction of sp³-hybridized carbons (Fsp3) is 0.214. The largest absolute Gasteiger partial charge is 0.408 e. The van der Waals surface area contributed by atoms with Gasteiger partial charge in [0.05, 0.1) is 17.4 Å². The molecule has 0 aliphatic rings. The van der Waals surface area contributed by atoms with Crippen LogP contribution in [0.4, 0.5) is 13.2 Å². The molecule has 1 aromatic carbocycles. The summed E-state index contributed by atoms with van der Waals surface area (Å²) >= 11 is 6.00. The molecular formula is C14H11ClF3N3. The summed E-state index contributed by atoms with van der Waals surface area (Å²) in [7, 11) is 0. The highest BCUT2D eigenvalue weighted by molar-refractivity contribution is 6.31. The first-order valence-electron chi connectivity index (χ1n) is 6.21. The normalized spacial score (nSPS) is 12.2. The molecule has 2 heterocycles. The molecule has 3 aromatic rings. The molecule has 0 aliphatic heterocycles. The summed E-state index contributed by atoms with van der Waals surface area (Å²) in [5, 5.41) is 5.32. The van der Waals surface area contributed by atoms with Crippen LogP contribution < -0.4 is 0 Å². The van der Waals surface area contributed by atoms with Crippen LogP contribution in [-0.4, -0.2) is 20.5 Å². The number of nitrogens with zero attached hydrogens (tertiary/aromatic N) is 3. The number of fused-ring (bicyclic) bond motifs is 1. The van der Waals surface area contributed by atoms with Crippen LogP contribution in [0, 0.1) is 6.92 Å². The molecule has 0 radical (unpaired) electrons. The van der Waals surface area contributed by atoms with Gasteiger partial charge in [0, 0.05) is 22.3 Å². The van der Waals surface area contributed by atoms with Crippen LogP contribution in [0.5, 0.6) is 0 Å². The Labute approximate surface area is 123 Å². The molecule has 0 bridgehead atoms. The van der Waals surface area contributed by atoms with Crippen molar-refractivity contribution in [2.45, 2.75) is 19.6 Å². The van der Waals surface area contributed by atoms with Crippen LogP contribution in [0.15, 0.2) is 36.7 Å². The summed E-state index contributed by atoms with van der Waals surface area (Å²) in [6, 6.07) is 7.39. The maximum Gasteiger partial charge on any atom is 0.408 e. The second-order valence-electron chi connectivity index (χ2n) is 4.84. The molecule has 0 spiro atoms. The molecule has 110 valence electrons. The van der Waals surface area contributed by atoms with Gasteiger partial charge in [0.1, 0.15) is 6.54 Å². The topological polar surface area (TPSA) is 22.8 Å². The number of halogens is 4. The van der Waals surface area contributed by atoms with Gasteiger partial charge in [-0.1, -0.05) is 17.7 Å². The van der Waals surface area contributed by atoms with E-state index in [0.717, 1.165) is 21.3 Å². The zero-order valence-electron chi connectivity index (χ0n) is 11.0. The van der Waals surface area contributed by atoms with Gasteiger partial charge < -0.3 is 4.57 Å². The lowest BCUT2D eigenvalue weighted by atomic mass is 10.2. The van der Waals surface area contributed by atoms with Crippen LogP contribution in [0.1, 0.15) is 5.69 Å². The van der Waals surface area contributed by atoms with E-state index in [-0.39, 0.29) is 0 Å². The van der Waals surface area contributed by atoms with Gasteiger partial charge in [0.2, 0.25) is 0 Å². The van der Waals surface area contributed by atoms with E-state index in [9.17, 15) is 13.2 Å². The maximum absolute atomic E-state index is 12.4. The molecule has 3 rings (SSSR count). The lowest BCUT2D eigenvalue weighted by Gasteiger charge is -2.06. The Morgan fingerprint density at radius 3 is 2.71 bits per heavy atom. The van der Waals surface area contributed by atoms with Crippen LogP contribution in [0.25, 0.3) is 16.6 Å². The summed E-state index contributed by atoms with van der Waals surface area (Å²) in [5.41, 5.74) is 2.32. The number of alkyl halides is 3. The lowest BCUT2D eigenvalue weighted by Crippen LogP contribution is -2.17. The predicted molar refractivity (Wildman–Crippen MR) is 74.9 cm³/mol. The molecule has 0 atom stereocenters. The molecule has 7 heteroatoms. The third-order valence-corrected chi connectivity index (χ3v) is 3.40. The summed E-state index contributed by atoms with van der Waals surface area (Å²) in [4.78, 5) is 0. The van der Waals surface area contributed by atoms with Gasteiger partial charge in [-0.15, -0.1) is 0 Å². The van der Waals surface area contributed by atoms with Crippen LogP contribution >= 0.6 is 11.6 Å². The fourth-order valence-electron chi connectivity index (χ4n) is 2.39. The molecule has 0 saturated heterocycles. The summed E-state index contributed by atoms with van der Waals surface area (Å²) in [5.74, 6) is 0. The average molecular weight is 314 g/mol. The zero-order chi connectivity index (χ0) is 15.2. The van der Waals surface area contributed by atoms with E-state index < -0.39 is 12.7 Å². The highest BCUT2D eigenvalue weighted by Gasteiger charge is 2.28. The highest BCUT2D eigenvalue weighted by Crippen LogP contribution is 2.27. The van der Waals surface area contributed by atoms with E-state index in [1.54, 1.807) is 12.1 Å². The Morgan fingerprint density at radius 2 is 2.00 bits per heavy atom. The standard InChI is InChI=1S/C14H11ClF3N3/c1-9-4-10-2-3-11(15)5-13(10)21(9)12-6-19-20(7-12)8-14(16,17)18/h2-7H,8H2,1H3. The number of rotatable bonds is 2. The molecule has 0 N–H and O–H groups in total. The first-order chi connectivity index (χ1) is 9.83. The first kappa shape index (κ1) is 14.0. The Hall–Kier alpha value is -1.95. The van der Waals surface area contributed by atoms with Gasteiger partial charge in [0.15, 0.2) is 0 Å². The van der Waals surface area contributed by atoms with Crippen LogP contribution in [0.2, 0.25) is 5.02 Å². The van der Waals surface area contributed by atoms with Crippen molar-refractivity contribution in [2.75, 3.05) is 0 Å². The Balaban J connectivity index is 2.08. The third-order valence-electron chi connectivity index (χ3n) is 3.17. The summed E-state index contributed by atoms with van der Waals surface area (Å²) in [6.45, 7) is 0.779. The minimum atomic E-state index is -4.29. The Bertz CT molecular complexity index is 801. The maximum atomic E-state index is 12.4. The van der Waals surface area contributed by atoms with Crippen molar-refractivity contribution in [1.82, 2.24) is 14.3 Å². The summed E-state index contributed by atoms with van der Waals surface area (Å²) in [6.07, 6.45) is -1.50. The average Bonchev–Trinajstić information content (AvgIpc) is 2.90. The van der Waals surface area contributed by atoms with E-state index >= 15 is 0 Å². The zero-order valence-corrected chi connectivity index (χ0v) is 11.8. The monoisotopic (exact) mass is 313 g/mol. The molecule has 0 saturated carbocycles. The second-order valence-corrected chi connectivity index (χ2v) is 5.27. The van der Waals surface area contributed by atoms with Crippen molar-refractivity contribution in [3.8, 4) is 5.69 Å². The third kappa shape index (κ3) is 2.76. The number of benzene rings is 1. The molecular weight excluding hydrogens is 303 g/mol. The van der Waals surface area contributed by atoms with Crippen LogP contribution in [0.3, 0.4) is 0 Å². The number of hydrogen-bond donors (Lipinski definition) is 0. The second kappa shape index (κ2) is 4.80. The Kier molecular flexibility index (Phi) is 3.20. The van der Waals surface area contributed by atoms with Gasteiger partial charge in [-0.05, 0) is 25.1 Å². The van der Waals surface area contributed by atoms with Gasteiger partial charge in [-0.25, -0.2) is 0 Å². The lowest BCUT2D eigenvalue weighted by molar-refractivity contribution is -0.142. The first-order valence-corrected chi connectivity index (χ1v) is 6.58. The smallest absolute Gasteiger partial charge is 0.311 e. The van der Waals surface area contributed by atoms with E-state index in [4.69, 9.17) is 11.6 Å². The molecule has 0 aliphatic carbocycles. The van der Waals surface area contributed by atoms with Crippen molar-refractivity contribution >= 4 is 22.5 Å². The molecule has 2 aromatic heterocycles. The molecule has 0 fully saturated rings. The molecule has 3 nitrogen and oxygen atoms in total. The highest BCUT2D eigenvalue weighted by atomic mass is 35.5. The van der Waals surface area contributed by atoms with Crippen molar-refractivity contribution in [3.05, 3.63) is 47.4 Å². The fourth-order valence-corrected chi connectivity index (χ4v) is 2.56. The van der Waals surface area contributed by atoms with Gasteiger partial charge in [0.25, 0.3) is 0 Å². The van der Waals surface area contributed by atoms with E-state index in [1.807, 2.05) is 23.6 Å².